The number of halogens is 1. The van der Waals surface area contributed by atoms with E-state index in [0.29, 0.717) is 0 Å². The number of ether oxygens (including phenoxy) is 1. The van der Waals surface area contributed by atoms with Crippen molar-refractivity contribution in [2.45, 2.75) is 58.2 Å². The van der Waals surface area contributed by atoms with E-state index in [1.807, 2.05) is 32.9 Å². The lowest BCUT2D eigenvalue weighted by Gasteiger charge is -2.17. The number of hydrogen-bond acceptors (Lipinski definition) is 6. The van der Waals surface area contributed by atoms with Crippen LogP contribution >= 0.6 is 34.7 Å². The lowest BCUT2D eigenvalue weighted by Crippen LogP contribution is -2.12. The molecule has 1 atom stereocenters. The van der Waals surface area contributed by atoms with E-state index >= 15 is 0 Å². The molecule has 0 spiro atoms. The quantitative estimate of drug-likeness (QED) is 0.236. The predicted molar refractivity (Wildman–Crippen MR) is 138 cm³/mol. The molecule has 0 aliphatic carbocycles. The molecule has 0 fully saturated rings. The first-order valence-electron chi connectivity index (χ1n) is 10.9. The summed E-state index contributed by atoms with van der Waals surface area (Å²) in [5, 5.41) is 13.7. The van der Waals surface area contributed by atoms with Crippen LogP contribution in [-0.2, 0) is 12.3 Å². The molecule has 0 bridgehead atoms. The van der Waals surface area contributed by atoms with Crippen molar-refractivity contribution >= 4 is 34.7 Å². The number of aromatic nitrogens is 4. The largest absolute Gasteiger partial charge is 0.483 e. The second-order valence-corrected chi connectivity index (χ2v) is 10.2. The third kappa shape index (κ3) is 5.42. The van der Waals surface area contributed by atoms with Crippen LogP contribution in [0.25, 0.3) is 10.6 Å². The Labute approximate surface area is 208 Å². The minimum Gasteiger partial charge on any atom is -0.483 e. The molecule has 0 aliphatic rings. The Kier molecular flexibility index (Phi) is 7.41. The van der Waals surface area contributed by atoms with Crippen molar-refractivity contribution in [2.24, 2.45) is 0 Å². The standard InChI is InChI=1S/C25H27ClN4OS2/c1-6-30-23(18(5)31-21-11-16(3)22(26)17(4)12-21)28-29-25(30)33-14-20-13-32-24(27-20)19-9-7-8-15(2)10-19/h7-13,18H,6,14H2,1-5H3. The second-order valence-electron chi connectivity index (χ2n) is 8.02. The van der Waals surface area contributed by atoms with Crippen molar-refractivity contribution in [1.82, 2.24) is 19.7 Å². The molecule has 0 saturated carbocycles. The Bertz CT molecular complexity index is 1240. The first kappa shape index (κ1) is 23.8. The van der Waals surface area contributed by atoms with E-state index in [9.17, 15) is 0 Å². The highest BCUT2D eigenvalue weighted by Crippen LogP contribution is 2.31. The third-order valence-corrected chi connectivity index (χ3v) is 7.85. The van der Waals surface area contributed by atoms with E-state index in [-0.39, 0.29) is 6.10 Å². The Morgan fingerprint density at radius 1 is 1.12 bits per heavy atom. The van der Waals surface area contributed by atoms with Crippen LogP contribution in [0.5, 0.6) is 5.75 Å². The molecule has 2 heterocycles. The molecule has 0 saturated heterocycles. The number of aryl methyl sites for hydroxylation is 3. The highest BCUT2D eigenvalue weighted by atomic mass is 35.5. The van der Waals surface area contributed by atoms with Crippen LogP contribution in [0.3, 0.4) is 0 Å². The van der Waals surface area contributed by atoms with E-state index in [0.717, 1.165) is 61.4 Å². The summed E-state index contributed by atoms with van der Waals surface area (Å²) < 4.78 is 8.31. The molecule has 0 aliphatic heterocycles. The van der Waals surface area contributed by atoms with E-state index in [2.05, 4.69) is 58.3 Å². The van der Waals surface area contributed by atoms with Gasteiger partial charge < -0.3 is 9.30 Å². The maximum absolute atomic E-state index is 6.29. The summed E-state index contributed by atoms with van der Waals surface area (Å²) in [4.78, 5) is 4.82. The van der Waals surface area contributed by atoms with E-state index in [1.165, 1.54) is 5.56 Å². The van der Waals surface area contributed by atoms with Crippen LogP contribution < -0.4 is 4.74 Å². The molecule has 0 N–H and O–H groups in total. The van der Waals surface area contributed by atoms with Gasteiger partial charge in [0, 0.05) is 28.3 Å². The first-order valence-corrected chi connectivity index (χ1v) is 13.1. The predicted octanol–water partition coefficient (Wildman–Crippen LogP) is 7.43. The van der Waals surface area contributed by atoms with Crippen LogP contribution in [0.2, 0.25) is 5.02 Å². The highest BCUT2D eigenvalue weighted by molar-refractivity contribution is 7.98. The van der Waals surface area contributed by atoms with Crippen molar-refractivity contribution in [3.05, 3.63) is 75.0 Å². The molecule has 4 aromatic rings. The molecule has 33 heavy (non-hydrogen) atoms. The normalized spacial score (nSPS) is 12.2. The maximum Gasteiger partial charge on any atom is 0.191 e. The SMILES string of the molecule is CCn1c(SCc2csc(-c3cccc(C)c3)n2)nnc1C(C)Oc1cc(C)c(Cl)c(C)c1. The molecule has 1 unspecified atom stereocenters. The summed E-state index contributed by atoms with van der Waals surface area (Å²) in [6, 6.07) is 12.4. The van der Waals surface area contributed by atoms with Gasteiger partial charge in [-0.15, -0.1) is 21.5 Å². The Morgan fingerprint density at radius 2 is 1.88 bits per heavy atom. The lowest BCUT2D eigenvalue weighted by atomic mass is 10.1. The van der Waals surface area contributed by atoms with E-state index in [1.54, 1.807) is 23.1 Å². The summed E-state index contributed by atoms with van der Waals surface area (Å²) >= 11 is 9.62. The van der Waals surface area contributed by atoms with Gasteiger partial charge in [-0.2, -0.15) is 0 Å². The van der Waals surface area contributed by atoms with Crippen molar-refractivity contribution in [3.8, 4) is 16.3 Å². The van der Waals surface area contributed by atoms with Gasteiger partial charge in [-0.05, 0) is 63.9 Å². The molecule has 2 aromatic carbocycles. The van der Waals surface area contributed by atoms with Gasteiger partial charge in [0.15, 0.2) is 17.1 Å². The molecule has 5 nitrogen and oxygen atoms in total. The van der Waals surface area contributed by atoms with Gasteiger partial charge in [-0.1, -0.05) is 47.1 Å². The maximum atomic E-state index is 6.29. The molecule has 8 heteroatoms. The van der Waals surface area contributed by atoms with Crippen molar-refractivity contribution in [3.63, 3.8) is 0 Å². The summed E-state index contributed by atoms with van der Waals surface area (Å²) in [6.45, 7) is 10.9. The van der Waals surface area contributed by atoms with E-state index < -0.39 is 0 Å². The minimum absolute atomic E-state index is 0.237. The molecular formula is C25H27ClN4OS2. The fourth-order valence-electron chi connectivity index (χ4n) is 3.66. The van der Waals surface area contributed by atoms with Gasteiger partial charge in [0.2, 0.25) is 0 Å². The first-order chi connectivity index (χ1) is 15.9. The number of hydrogen-bond donors (Lipinski definition) is 0. The van der Waals surface area contributed by atoms with Crippen molar-refractivity contribution < 1.29 is 4.74 Å². The smallest absolute Gasteiger partial charge is 0.191 e. The average molecular weight is 499 g/mol. The fourth-order valence-corrected chi connectivity index (χ4v) is 5.59. The van der Waals surface area contributed by atoms with Crippen molar-refractivity contribution in [1.29, 1.82) is 0 Å². The lowest BCUT2D eigenvalue weighted by molar-refractivity contribution is 0.209. The zero-order valence-corrected chi connectivity index (χ0v) is 21.8. The van der Waals surface area contributed by atoms with Gasteiger partial charge in [-0.3, -0.25) is 0 Å². The number of nitrogens with zero attached hydrogens (tertiary/aromatic N) is 4. The Morgan fingerprint density at radius 3 is 2.58 bits per heavy atom. The fraction of sp³-hybridized carbons (Fsp3) is 0.320. The Balaban J connectivity index is 1.46. The van der Waals surface area contributed by atoms with Crippen LogP contribution in [0.1, 0.15) is 48.2 Å². The summed E-state index contributed by atoms with van der Waals surface area (Å²) in [5.74, 6) is 2.34. The Hall–Kier alpha value is -2.35. The number of thiazole rings is 1. The number of benzene rings is 2. The van der Waals surface area contributed by atoms with Gasteiger partial charge >= 0.3 is 0 Å². The zero-order valence-electron chi connectivity index (χ0n) is 19.4. The molecule has 0 amide bonds. The number of thioether (sulfide) groups is 1. The van der Waals surface area contributed by atoms with Crippen LogP contribution in [-0.4, -0.2) is 19.7 Å². The van der Waals surface area contributed by atoms with Crippen LogP contribution in [0.4, 0.5) is 0 Å². The van der Waals surface area contributed by atoms with Gasteiger partial charge in [-0.25, -0.2) is 4.98 Å². The van der Waals surface area contributed by atoms with Crippen molar-refractivity contribution in [2.75, 3.05) is 0 Å². The molecule has 4 rings (SSSR count). The molecule has 0 radical (unpaired) electrons. The van der Waals surface area contributed by atoms with Gasteiger partial charge in [0.1, 0.15) is 10.8 Å². The highest BCUT2D eigenvalue weighted by Gasteiger charge is 2.20. The number of rotatable bonds is 8. The molecular weight excluding hydrogens is 472 g/mol. The second kappa shape index (κ2) is 10.3. The monoisotopic (exact) mass is 498 g/mol. The van der Waals surface area contributed by atoms with Crippen LogP contribution in [0, 0.1) is 20.8 Å². The summed E-state index contributed by atoms with van der Waals surface area (Å²) in [5.41, 5.74) is 5.45. The summed E-state index contributed by atoms with van der Waals surface area (Å²) in [7, 11) is 0. The third-order valence-electron chi connectivity index (χ3n) is 5.31. The van der Waals surface area contributed by atoms with Crippen LogP contribution in [0.15, 0.2) is 46.9 Å². The van der Waals surface area contributed by atoms with Gasteiger partial charge in [0.25, 0.3) is 0 Å². The zero-order chi connectivity index (χ0) is 23.5. The molecule has 172 valence electrons. The van der Waals surface area contributed by atoms with Gasteiger partial charge in [0.05, 0.1) is 5.69 Å². The topological polar surface area (TPSA) is 52.8 Å². The van der Waals surface area contributed by atoms with E-state index in [4.69, 9.17) is 21.3 Å². The minimum atomic E-state index is -0.237. The molecule has 2 aromatic heterocycles. The summed E-state index contributed by atoms with van der Waals surface area (Å²) in [6.07, 6.45) is -0.237. The average Bonchev–Trinajstić information content (AvgIpc) is 3.42.